The highest BCUT2D eigenvalue weighted by atomic mass is 32.1. The first-order valence-corrected chi connectivity index (χ1v) is 6.28. The number of nitrogen functional groups attached to an aromatic ring is 1. The van der Waals surface area contributed by atoms with E-state index in [0.717, 1.165) is 16.1 Å². The molecule has 1 atom stereocenters. The Balaban J connectivity index is 2.48. The van der Waals surface area contributed by atoms with Gasteiger partial charge in [-0.1, -0.05) is 32.0 Å². The molecule has 86 valence electrons. The predicted octanol–water partition coefficient (Wildman–Crippen LogP) is 3.74. The van der Waals surface area contributed by atoms with Crippen molar-refractivity contribution in [2.45, 2.75) is 26.7 Å². The van der Waals surface area contributed by atoms with Crippen molar-refractivity contribution in [2.75, 3.05) is 5.73 Å². The highest BCUT2D eigenvalue weighted by Gasteiger charge is 2.23. The van der Waals surface area contributed by atoms with E-state index >= 15 is 0 Å². The van der Waals surface area contributed by atoms with E-state index in [4.69, 9.17) is 10.3 Å². The largest absolute Gasteiger partial charge is 0.367 e. The SMILES string of the molecule is CC(C)C(C)c1noc(N)c1-c1cccs1. The van der Waals surface area contributed by atoms with Gasteiger partial charge in [-0.25, -0.2) is 0 Å². The smallest absolute Gasteiger partial charge is 0.231 e. The number of nitrogens with two attached hydrogens (primary N) is 1. The van der Waals surface area contributed by atoms with Crippen LogP contribution in [0.4, 0.5) is 5.88 Å². The van der Waals surface area contributed by atoms with Crippen LogP contribution >= 0.6 is 11.3 Å². The molecule has 4 heteroatoms. The van der Waals surface area contributed by atoms with E-state index in [1.165, 1.54) is 0 Å². The minimum Gasteiger partial charge on any atom is -0.367 e. The minimum atomic E-state index is 0.346. The van der Waals surface area contributed by atoms with Crippen LogP contribution in [0.25, 0.3) is 10.4 Å². The molecule has 2 heterocycles. The minimum absolute atomic E-state index is 0.346. The van der Waals surface area contributed by atoms with E-state index in [9.17, 15) is 0 Å². The van der Waals surface area contributed by atoms with E-state index in [-0.39, 0.29) is 0 Å². The van der Waals surface area contributed by atoms with Gasteiger partial charge in [-0.3, -0.25) is 0 Å². The third-order valence-corrected chi connectivity index (χ3v) is 3.83. The van der Waals surface area contributed by atoms with Crippen molar-refractivity contribution in [3.05, 3.63) is 23.2 Å². The molecule has 0 aromatic carbocycles. The molecule has 0 radical (unpaired) electrons. The number of thiophene rings is 1. The van der Waals surface area contributed by atoms with Gasteiger partial charge < -0.3 is 10.3 Å². The number of aromatic nitrogens is 1. The van der Waals surface area contributed by atoms with Crippen LogP contribution in [0.5, 0.6) is 0 Å². The molecule has 16 heavy (non-hydrogen) atoms. The van der Waals surface area contributed by atoms with Crippen LogP contribution in [0.15, 0.2) is 22.0 Å². The number of nitrogens with zero attached hydrogens (tertiary/aromatic N) is 1. The maximum Gasteiger partial charge on any atom is 0.231 e. The van der Waals surface area contributed by atoms with Crippen molar-refractivity contribution < 1.29 is 4.52 Å². The predicted molar refractivity (Wildman–Crippen MR) is 67.5 cm³/mol. The van der Waals surface area contributed by atoms with Crippen molar-refractivity contribution >= 4 is 17.2 Å². The second kappa shape index (κ2) is 4.29. The molecule has 0 aliphatic rings. The molecule has 2 rings (SSSR count). The maximum absolute atomic E-state index is 5.85. The van der Waals surface area contributed by atoms with Crippen molar-refractivity contribution in [1.29, 1.82) is 0 Å². The average molecular weight is 236 g/mol. The Bertz CT molecular complexity index is 459. The Morgan fingerprint density at radius 3 is 2.69 bits per heavy atom. The van der Waals surface area contributed by atoms with Crippen LogP contribution in [-0.2, 0) is 0 Å². The summed E-state index contributed by atoms with van der Waals surface area (Å²) in [4.78, 5) is 1.13. The lowest BCUT2D eigenvalue weighted by Gasteiger charge is -2.13. The van der Waals surface area contributed by atoms with Crippen LogP contribution in [-0.4, -0.2) is 5.16 Å². The third kappa shape index (κ3) is 1.85. The van der Waals surface area contributed by atoms with Gasteiger partial charge in [0.15, 0.2) is 0 Å². The Morgan fingerprint density at radius 2 is 2.12 bits per heavy atom. The van der Waals surface area contributed by atoms with Crippen molar-refractivity contribution in [3.63, 3.8) is 0 Å². The maximum atomic E-state index is 5.85. The Hall–Kier alpha value is -1.29. The number of hydrogen-bond acceptors (Lipinski definition) is 4. The first-order valence-electron chi connectivity index (χ1n) is 5.40. The fourth-order valence-electron chi connectivity index (χ4n) is 1.61. The summed E-state index contributed by atoms with van der Waals surface area (Å²) in [5.41, 5.74) is 7.78. The van der Waals surface area contributed by atoms with Crippen molar-refractivity contribution in [1.82, 2.24) is 5.16 Å². The average Bonchev–Trinajstić information content (AvgIpc) is 2.84. The van der Waals surface area contributed by atoms with Crippen LogP contribution < -0.4 is 5.73 Å². The van der Waals surface area contributed by atoms with Crippen LogP contribution in [0, 0.1) is 5.92 Å². The van der Waals surface area contributed by atoms with Gasteiger partial charge in [0.25, 0.3) is 0 Å². The lowest BCUT2D eigenvalue weighted by Crippen LogP contribution is -2.03. The van der Waals surface area contributed by atoms with Gasteiger partial charge in [-0.15, -0.1) is 11.3 Å². The molecule has 2 N–H and O–H groups in total. The summed E-state index contributed by atoms with van der Waals surface area (Å²) in [6.45, 7) is 6.50. The monoisotopic (exact) mass is 236 g/mol. The molecule has 0 aliphatic heterocycles. The van der Waals surface area contributed by atoms with Crippen LogP contribution in [0.3, 0.4) is 0 Å². The third-order valence-electron chi connectivity index (χ3n) is 2.94. The van der Waals surface area contributed by atoms with Gasteiger partial charge in [0.2, 0.25) is 5.88 Å². The molecule has 2 aromatic heterocycles. The van der Waals surface area contributed by atoms with Crippen molar-refractivity contribution in [2.24, 2.45) is 5.92 Å². The zero-order chi connectivity index (χ0) is 11.7. The van der Waals surface area contributed by atoms with Gasteiger partial charge in [0, 0.05) is 10.8 Å². The molecule has 0 saturated heterocycles. The number of rotatable bonds is 3. The lowest BCUT2D eigenvalue weighted by atomic mass is 9.92. The first kappa shape index (κ1) is 11.2. The van der Waals surface area contributed by atoms with Crippen LogP contribution in [0.2, 0.25) is 0 Å². The normalized spacial score (nSPS) is 13.2. The summed E-state index contributed by atoms with van der Waals surface area (Å²) in [7, 11) is 0. The Kier molecular flexibility index (Phi) is 3.01. The van der Waals surface area contributed by atoms with Gasteiger partial charge >= 0.3 is 0 Å². The molecule has 2 aromatic rings. The molecule has 0 bridgehead atoms. The lowest BCUT2D eigenvalue weighted by molar-refractivity contribution is 0.407. The fourth-order valence-corrected chi connectivity index (χ4v) is 2.39. The number of anilines is 1. The quantitative estimate of drug-likeness (QED) is 0.883. The van der Waals surface area contributed by atoms with E-state index in [0.29, 0.717) is 17.7 Å². The summed E-state index contributed by atoms with van der Waals surface area (Å²) in [6.07, 6.45) is 0. The first-order chi connectivity index (χ1) is 7.61. The summed E-state index contributed by atoms with van der Waals surface area (Å²) < 4.78 is 5.13. The summed E-state index contributed by atoms with van der Waals surface area (Å²) in [5, 5.41) is 6.13. The van der Waals surface area contributed by atoms with Crippen molar-refractivity contribution in [3.8, 4) is 10.4 Å². The van der Waals surface area contributed by atoms with E-state index < -0.39 is 0 Å². The second-order valence-corrected chi connectivity index (χ2v) is 5.26. The Labute approximate surface area is 99.3 Å². The molecule has 3 nitrogen and oxygen atoms in total. The van der Waals surface area contributed by atoms with E-state index in [1.807, 2.05) is 17.5 Å². The zero-order valence-corrected chi connectivity index (χ0v) is 10.5. The highest BCUT2D eigenvalue weighted by molar-refractivity contribution is 7.13. The zero-order valence-electron chi connectivity index (χ0n) is 9.73. The van der Waals surface area contributed by atoms with Gasteiger partial charge in [-0.2, -0.15) is 0 Å². The molecule has 0 saturated carbocycles. The summed E-state index contributed by atoms with van der Waals surface area (Å²) in [6, 6.07) is 4.06. The second-order valence-electron chi connectivity index (χ2n) is 4.32. The Morgan fingerprint density at radius 1 is 1.38 bits per heavy atom. The summed E-state index contributed by atoms with van der Waals surface area (Å²) in [5.74, 6) is 1.28. The molecule has 1 unspecified atom stereocenters. The van der Waals surface area contributed by atoms with E-state index in [2.05, 4.69) is 25.9 Å². The van der Waals surface area contributed by atoms with Gasteiger partial charge in [0.05, 0.1) is 11.3 Å². The molecular formula is C12H16N2OS. The van der Waals surface area contributed by atoms with Gasteiger partial charge in [-0.05, 0) is 17.4 Å². The van der Waals surface area contributed by atoms with Gasteiger partial charge in [0.1, 0.15) is 0 Å². The molecule has 0 amide bonds. The highest BCUT2D eigenvalue weighted by Crippen LogP contribution is 2.38. The summed E-state index contributed by atoms with van der Waals surface area (Å²) >= 11 is 1.66. The fraction of sp³-hybridized carbons (Fsp3) is 0.417. The molecule has 0 aliphatic carbocycles. The molecule has 0 spiro atoms. The molecular weight excluding hydrogens is 220 g/mol. The molecule has 0 fully saturated rings. The number of hydrogen-bond donors (Lipinski definition) is 1. The van der Waals surface area contributed by atoms with Crippen LogP contribution in [0.1, 0.15) is 32.4 Å². The van der Waals surface area contributed by atoms with E-state index in [1.54, 1.807) is 11.3 Å². The topological polar surface area (TPSA) is 52.0 Å². The standard InChI is InChI=1S/C12H16N2OS/c1-7(2)8(3)11-10(12(13)15-14-11)9-5-4-6-16-9/h4-8H,13H2,1-3H3.